The third-order valence-corrected chi connectivity index (χ3v) is 3.85. The average molecular weight is 283 g/mol. The molecule has 21 heavy (non-hydrogen) atoms. The number of nitrogens with one attached hydrogen (secondary N) is 1. The zero-order chi connectivity index (χ0) is 14.9. The number of ether oxygens (including phenoxy) is 1. The van der Waals surface area contributed by atoms with Crippen molar-refractivity contribution in [3.05, 3.63) is 66.2 Å². The highest BCUT2D eigenvalue weighted by Crippen LogP contribution is 2.25. The molecule has 0 aliphatic heterocycles. The van der Waals surface area contributed by atoms with Gasteiger partial charge in [0.2, 0.25) is 0 Å². The predicted molar refractivity (Wildman–Crippen MR) is 88.6 cm³/mol. The second kappa shape index (κ2) is 8.48. The highest BCUT2D eigenvalue weighted by Gasteiger charge is 2.16. The van der Waals surface area contributed by atoms with Gasteiger partial charge in [-0.05, 0) is 43.5 Å². The van der Waals surface area contributed by atoms with Crippen LogP contribution in [0, 0.1) is 5.92 Å². The minimum Gasteiger partial charge on any atom is -0.494 e. The van der Waals surface area contributed by atoms with Crippen molar-refractivity contribution in [2.24, 2.45) is 5.92 Å². The summed E-state index contributed by atoms with van der Waals surface area (Å²) in [5, 5.41) is 3.44. The van der Waals surface area contributed by atoms with E-state index in [4.69, 9.17) is 4.74 Å². The molecule has 0 heterocycles. The van der Waals surface area contributed by atoms with Gasteiger partial charge in [0.15, 0.2) is 0 Å². The van der Waals surface area contributed by atoms with Crippen LogP contribution in [-0.4, -0.2) is 13.7 Å². The first-order valence-corrected chi connectivity index (χ1v) is 7.71. The Labute approximate surface area is 128 Å². The summed E-state index contributed by atoms with van der Waals surface area (Å²) >= 11 is 0. The number of para-hydroxylation sites is 1. The van der Waals surface area contributed by atoms with Crippen molar-refractivity contribution in [2.45, 2.75) is 25.8 Å². The van der Waals surface area contributed by atoms with E-state index in [1.165, 1.54) is 5.56 Å². The van der Waals surface area contributed by atoms with Gasteiger partial charge in [0.25, 0.3) is 0 Å². The molecule has 2 nitrogen and oxygen atoms in total. The second-order valence-electron chi connectivity index (χ2n) is 5.46. The molecule has 2 unspecified atom stereocenters. The van der Waals surface area contributed by atoms with Crippen LogP contribution in [0.15, 0.2) is 60.7 Å². The Kier molecular flexibility index (Phi) is 6.29. The van der Waals surface area contributed by atoms with Crippen LogP contribution in [-0.2, 0) is 0 Å². The van der Waals surface area contributed by atoms with Gasteiger partial charge < -0.3 is 10.1 Å². The molecular weight excluding hydrogens is 258 g/mol. The van der Waals surface area contributed by atoms with Gasteiger partial charge in [-0.3, -0.25) is 0 Å². The Bertz CT molecular complexity index is 497. The van der Waals surface area contributed by atoms with Crippen LogP contribution in [0.2, 0.25) is 0 Å². The van der Waals surface area contributed by atoms with Gasteiger partial charge in [-0.25, -0.2) is 0 Å². The maximum atomic E-state index is 5.76. The molecule has 0 bridgehead atoms. The van der Waals surface area contributed by atoms with Crippen LogP contribution in [0.4, 0.5) is 0 Å². The Balaban J connectivity index is 1.77. The summed E-state index contributed by atoms with van der Waals surface area (Å²) in [4.78, 5) is 0. The molecule has 0 spiro atoms. The smallest absolute Gasteiger partial charge is 0.119 e. The molecule has 112 valence electrons. The normalized spacial score (nSPS) is 13.6. The van der Waals surface area contributed by atoms with Gasteiger partial charge in [0.05, 0.1) is 6.61 Å². The van der Waals surface area contributed by atoms with E-state index in [-0.39, 0.29) is 0 Å². The fourth-order valence-electron chi connectivity index (χ4n) is 2.72. The first-order valence-electron chi connectivity index (χ1n) is 7.71. The quantitative estimate of drug-likeness (QED) is 0.723. The van der Waals surface area contributed by atoms with Crippen molar-refractivity contribution in [3.63, 3.8) is 0 Å². The molecule has 0 saturated heterocycles. The van der Waals surface area contributed by atoms with Gasteiger partial charge in [-0.15, -0.1) is 0 Å². The third kappa shape index (κ3) is 4.91. The van der Waals surface area contributed by atoms with Gasteiger partial charge in [0, 0.05) is 6.04 Å². The molecule has 0 amide bonds. The highest BCUT2D eigenvalue weighted by molar-refractivity contribution is 5.21. The summed E-state index contributed by atoms with van der Waals surface area (Å²) in [6.07, 6.45) is 2.22. The first kappa shape index (κ1) is 15.6. The van der Waals surface area contributed by atoms with E-state index in [1.54, 1.807) is 0 Å². The zero-order valence-corrected chi connectivity index (χ0v) is 13.0. The lowest BCUT2D eigenvalue weighted by molar-refractivity contribution is 0.281. The van der Waals surface area contributed by atoms with E-state index < -0.39 is 0 Å². The van der Waals surface area contributed by atoms with Crippen LogP contribution in [0.3, 0.4) is 0 Å². The van der Waals surface area contributed by atoms with E-state index in [0.29, 0.717) is 12.0 Å². The Morgan fingerprint density at radius 1 is 0.952 bits per heavy atom. The van der Waals surface area contributed by atoms with Crippen LogP contribution >= 0.6 is 0 Å². The minimum atomic E-state index is 0.405. The van der Waals surface area contributed by atoms with Crippen molar-refractivity contribution in [2.75, 3.05) is 13.7 Å². The van der Waals surface area contributed by atoms with Gasteiger partial charge in [-0.2, -0.15) is 0 Å². The summed E-state index contributed by atoms with van der Waals surface area (Å²) in [7, 11) is 2.04. The lowest BCUT2D eigenvalue weighted by Crippen LogP contribution is -2.23. The van der Waals surface area contributed by atoms with Crippen molar-refractivity contribution in [1.29, 1.82) is 0 Å². The van der Waals surface area contributed by atoms with Crippen LogP contribution in [0.1, 0.15) is 31.4 Å². The molecule has 2 atom stereocenters. The van der Waals surface area contributed by atoms with E-state index in [0.717, 1.165) is 25.2 Å². The fraction of sp³-hybridized carbons (Fsp3) is 0.368. The largest absolute Gasteiger partial charge is 0.494 e. The van der Waals surface area contributed by atoms with E-state index in [9.17, 15) is 0 Å². The monoisotopic (exact) mass is 283 g/mol. The Hall–Kier alpha value is -1.80. The Morgan fingerprint density at radius 3 is 2.19 bits per heavy atom. The molecular formula is C19H25NO. The lowest BCUT2D eigenvalue weighted by atomic mass is 9.91. The summed E-state index contributed by atoms with van der Waals surface area (Å²) in [5.41, 5.74) is 1.36. The van der Waals surface area contributed by atoms with E-state index in [1.807, 2.05) is 37.4 Å². The summed E-state index contributed by atoms with van der Waals surface area (Å²) in [6.45, 7) is 3.08. The average Bonchev–Trinajstić information content (AvgIpc) is 2.54. The van der Waals surface area contributed by atoms with Crippen molar-refractivity contribution in [1.82, 2.24) is 5.32 Å². The number of benzene rings is 2. The summed E-state index contributed by atoms with van der Waals surface area (Å²) in [5.74, 6) is 1.54. The topological polar surface area (TPSA) is 21.3 Å². The molecule has 2 aromatic carbocycles. The van der Waals surface area contributed by atoms with Crippen LogP contribution < -0.4 is 10.1 Å². The van der Waals surface area contributed by atoms with E-state index in [2.05, 4.69) is 42.6 Å². The van der Waals surface area contributed by atoms with E-state index >= 15 is 0 Å². The molecule has 2 aromatic rings. The molecule has 2 rings (SSSR count). The number of hydrogen-bond donors (Lipinski definition) is 1. The molecule has 0 aliphatic rings. The lowest BCUT2D eigenvalue weighted by Gasteiger charge is -2.24. The molecule has 1 N–H and O–H groups in total. The Morgan fingerprint density at radius 2 is 1.57 bits per heavy atom. The molecule has 0 aliphatic carbocycles. The van der Waals surface area contributed by atoms with Gasteiger partial charge in [-0.1, -0.05) is 55.5 Å². The van der Waals surface area contributed by atoms with Crippen LogP contribution in [0.5, 0.6) is 5.75 Å². The first-order chi connectivity index (χ1) is 10.3. The third-order valence-electron chi connectivity index (χ3n) is 3.85. The van der Waals surface area contributed by atoms with Crippen LogP contribution in [0.25, 0.3) is 0 Å². The summed E-state index contributed by atoms with van der Waals surface area (Å²) in [6, 6.07) is 21.1. The standard InChI is InChI=1S/C19H25NO/c1-16(19(20-2)17-11-5-3-6-12-17)10-9-15-21-18-13-7-4-8-14-18/h3-8,11-14,16,19-20H,9-10,15H2,1-2H3. The van der Waals surface area contributed by atoms with Crippen molar-refractivity contribution in [3.8, 4) is 5.75 Å². The SMILES string of the molecule is CNC(c1ccccc1)C(C)CCCOc1ccccc1. The molecule has 0 aromatic heterocycles. The van der Waals surface area contributed by atoms with Crippen molar-refractivity contribution < 1.29 is 4.74 Å². The second-order valence-corrected chi connectivity index (χ2v) is 5.46. The molecule has 2 heteroatoms. The number of hydrogen-bond acceptors (Lipinski definition) is 2. The van der Waals surface area contributed by atoms with Gasteiger partial charge >= 0.3 is 0 Å². The fourth-order valence-corrected chi connectivity index (χ4v) is 2.72. The maximum Gasteiger partial charge on any atom is 0.119 e. The van der Waals surface area contributed by atoms with Crippen molar-refractivity contribution >= 4 is 0 Å². The molecule has 0 saturated carbocycles. The zero-order valence-electron chi connectivity index (χ0n) is 13.0. The number of rotatable bonds is 8. The maximum absolute atomic E-state index is 5.76. The van der Waals surface area contributed by atoms with Gasteiger partial charge in [0.1, 0.15) is 5.75 Å². The highest BCUT2D eigenvalue weighted by atomic mass is 16.5. The molecule has 0 fully saturated rings. The minimum absolute atomic E-state index is 0.405. The predicted octanol–water partition coefficient (Wildman–Crippen LogP) is 4.44. The summed E-state index contributed by atoms with van der Waals surface area (Å²) < 4.78 is 5.76. The molecule has 0 radical (unpaired) electrons.